The van der Waals surface area contributed by atoms with Crippen LogP contribution in [0.4, 0.5) is 0 Å². The van der Waals surface area contributed by atoms with Gasteiger partial charge in [0.05, 0.1) is 17.2 Å². The fraction of sp³-hybridized carbons (Fsp3) is 0.500. The minimum atomic E-state index is 0.00810. The van der Waals surface area contributed by atoms with Crippen LogP contribution in [0.3, 0.4) is 0 Å². The van der Waals surface area contributed by atoms with Crippen LogP contribution in [-0.4, -0.2) is 27.0 Å². The van der Waals surface area contributed by atoms with E-state index in [0.29, 0.717) is 6.04 Å². The first-order chi connectivity index (χ1) is 8.68. The first kappa shape index (κ1) is 11.5. The van der Waals surface area contributed by atoms with E-state index in [-0.39, 0.29) is 11.9 Å². The van der Waals surface area contributed by atoms with Crippen molar-refractivity contribution in [2.24, 2.45) is 0 Å². The zero-order chi connectivity index (χ0) is 12.7. The van der Waals surface area contributed by atoms with Crippen LogP contribution in [0.2, 0.25) is 0 Å². The molecule has 1 aliphatic rings. The Hall–Kier alpha value is -1.55. The quantitative estimate of drug-likeness (QED) is 0.882. The molecule has 1 unspecified atom stereocenters. The molecule has 0 amide bonds. The molecule has 0 spiro atoms. The van der Waals surface area contributed by atoms with Gasteiger partial charge < -0.3 is 4.98 Å². The number of nitrogens with zero attached hydrogens (tertiary/aromatic N) is 2. The van der Waals surface area contributed by atoms with E-state index in [9.17, 15) is 4.79 Å². The largest absolute Gasteiger partial charge is 0.327 e. The van der Waals surface area contributed by atoms with Crippen molar-refractivity contribution in [1.29, 1.82) is 0 Å². The lowest BCUT2D eigenvalue weighted by molar-refractivity contribution is 0.152. The second-order valence-corrected chi connectivity index (χ2v) is 5.27. The highest BCUT2D eigenvalue weighted by atomic mass is 16.1. The molecule has 4 heteroatoms. The molecule has 1 aliphatic heterocycles. The topological polar surface area (TPSA) is 41.0 Å². The first-order valence-electron chi connectivity index (χ1n) is 6.63. The van der Waals surface area contributed by atoms with Crippen LogP contribution in [0.25, 0.3) is 11.0 Å². The summed E-state index contributed by atoms with van der Waals surface area (Å²) in [5.41, 5.74) is 1.95. The van der Waals surface area contributed by atoms with Gasteiger partial charge in [-0.05, 0) is 38.8 Å². The van der Waals surface area contributed by atoms with Crippen molar-refractivity contribution >= 4 is 11.0 Å². The van der Waals surface area contributed by atoms with Gasteiger partial charge in [0.1, 0.15) is 0 Å². The molecule has 2 aromatic rings. The van der Waals surface area contributed by atoms with E-state index in [1.54, 1.807) is 0 Å². The number of para-hydroxylation sites is 2. The van der Waals surface area contributed by atoms with E-state index in [1.807, 2.05) is 28.8 Å². The van der Waals surface area contributed by atoms with Gasteiger partial charge in [0, 0.05) is 12.6 Å². The molecule has 0 radical (unpaired) electrons. The Morgan fingerprint density at radius 2 is 2.11 bits per heavy atom. The van der Waals surface area contributed by atoms with Crippen molar-refractivity contribution in [2.75, 3.05) is 6.54 Å². The van der Waals surface area contributed by atoms with Gasteiger partial charge in [-0.15, -0.1) is 0 Å². The van der Waals surface area contributed by atoms with Gasteiger partial charge in [0.25, 0.3) is 0 Å². The zero-order valence-electron chi connectivity index (χ0n) is 10.9. The second-order valence-electron chi connectivity index (χ2n) is 5.27. The lowest BCUT2D eigenvalue weighted by Gasteiger charge is -2.28. The number of H-pyrrole nitrogens is 1. The Balaban J connectivity index is 2.14. The minimum absolute atomic E-state index is 0.00810. The summed E-state index contributed by atoms with van der Waals surface area (Å²) in [5.74, 6) is 0. The van der Waals surface area contributed by atoms with Crippen LogP contribution < -0.4 is 5.69 Å². The SMILES string of the molecule is CC(C)N1CCCC1n1c(=O)[nH]c2ccccc21. The van der Waals surface area contributed by atoms with Crippen LogP contribution in [-0.2, 0) is 0 Å². The van der Waals surface area contributed by atoms with Gasteiger partial charge in [0.2, 0.25) is 0 Å². The highest BCUT2D eigenvalue weighted by Crippen LogP contribution is 2.29. The normalized spacial score (nSPS) is 21.2. The summed E-state index contributed by atoms with van der Waals surface area (Å²) >= 11 is 0. The molecule has 2 heterocycles. The fourth-order valence-corrected chi connectivity index (χ4v) is 3.02. The van der Waals surface area contributed by atoms with Crippen molar-refractivity contribution < 1.29 is 0 Å². The van der Waals surface area contributed by atoms with Crippen LogP contribution in [0.15, 0.2) is 29.1 Å². The zero-order valence-corrected chi connectivity index (χ0v) is 10.9. The Labute approximate surface area is 106 Å². The lowest BCUT2D eigenvalue weighted by atomic mass is 10.2. The monoisotopic (exact) mass is 245 g/mol. The summed E-state index contributed by atoms with van der Waals surface area (Å²) < 4.78 is 1.92. The maximum absolute atomic E-state index is 12.2. The van der Waals surface area contributed by atoms with Crippen LogP contribution in [0.5, 0.6) is 0 Å². The van der Waals surface area contributed by atoms with Crippen molar-refractivity contribution in [1.82, 2.24) is 14.5 Å². The number of fused-ring (bicyclic) bond motifs is 1. The molecular formula is C14H19N3O. The number of benzene rings is 1. The molecule has 18 heavy (non-hydrogen) atoms. The van der Waals surface area contributed by atoms with Gasteiger partial charge in [-0.3, -0.25) is 9.47 Å². The Morgan fingerprint density at radius 1 is 1.33 bits per heavy atom. The summed E-state index contributed by atoms with van der Waals surface area (Å²) in [6, 6.07) is 8.39. The number of likely N-dealkylation sites (tertiary alicyclic amines) is 1. The second kappa shape index (κ2) is 4.28. The number of imidazole rings is 1. The van der Waals surface area contributed by atoms with Gasteiger partial charge in [-0.1, -0.05) is 12.1 Å². The third-order valence-corrected chi connectivity index (χ3v) is 3.85. The van der Waals surface area contributed by atoms with Crippen molar-refractivity contribution in [2.45, 2.75) is 38.9 Å². The van der Waals surface area contributed by atoms with Crippen LogP contribution >= 0.6 is 0 Å². The minimum Gasteiger partial charge on any atom is -0.305 e. The molecule has 1 N–H and O–H groups in total. The molecule has 1 aromatic heterocycles. The maximum Gasteiger partial charge on any atom is 0.327 e. The van der Waals surface area contributed by atoms with Gasteiger partial charge >= 0.3 is 5.69 Å². The van der Waals surface area contributed by atoms with Crippen LogP contribution in [0, 0.1) is 0 Å². The number of rotatable bonds is 2. The molecule has 1 saturated heterocycles. The predicted octanol–water partition coefficient (Wildman–Crippen LogP) is 2.33. The molecule has 1 aromatic carbocycles. The highest BCUT2D eigenvalue weighted by molar-refractivity contribution is 5.75. The van der Waals surface area contributed by atoms with E-state index in [0.717, 1.165) is 30.4 Å². The Bertz CT molecular complexity index is 611. The molecule has 4 nitrogen and oxygen atoms in total. The summed E-state index contributed by atoms with van der Waals surface area (Å²) in [6.07, 6.45) is 2.42. The van der Waals surface area contributed by atoms with Gasteiger partial charge in [0.15, 0.2) is 0 Å². The summed E-state index contributed by atoms with van der Waals surface area (Å²) in [6.45, 7) is 5.46. The van der Waals surface area contributed by atoms with E-state index in [1.165, 1.54) is 0 Å². The lowest BCUT2D eigenvalue weighted by Crippen LogP contribution is -2.37. The maximum atomic E-state index is 12.2. The molecule has 0 bridgehead atoms. The molecule has 3 rings (SSSR count). The summed E-state index contributed by atoms with van der Waals surface area (Å²) in [4.78, 5) is 17.5. The van der Waals surface area contributed by atoms with E-state index in [4.69, 9.17) is 0 Å². The first-order valence-corrected chi connectivity index (χ1v) is 6.63. The third-order valence-electron chi connectivity index (χ3n) is 3.85. The number of hydrogen-bond acceptors (Lipinski definition) is 2. The number of hydrogen-bond donors (Lipinski definition) is 1. The van der Waals surface area contributed by atoms with Crippen molar-refractivity contribution in [3.05, 3.63) is 34.7 Å². The molecule has 1 atom stereocenters. The molecule has 0 saturated carbocycles. The number of aromatic nitrogens is 2. The average molecular weight is 245 g/mol. The average Bonchev–Trinajstić information content (AvgIpc) is 2.91. The van der Waals surface area contributed by atoms with Crippen molar-refractivity contribution in [3.8, 4) is 0 Å². The van der Waals surface area contributed by atoms with E-state index in [2.05, 4.69) is 23.7 Å². The summed E-state index contributed by atoms with van der Waals surface area (Å²) in [5, 5.41) is 0. The summed E-state index contributed by atoms with van der Waals surface area (Å²) in [7, 11) is 0. The van der Waals surface area contributed by atoms with Gasteiger partial charge in [-0.25, -0.2) is 4.79 Å². The highest BCUT2D eigenvalue weighted by Gasteiger charge is 2.30. The Morgan fingerprint density at radius 3 is 2.89 bits per heavy atom. The number of nitrogens with one attached hydrogen (secondary N) is 1. The van der Waals surface area contributed by atoms with Crippen LogP contribution in [0.1, 0.15) is 32.9 Å². The standard InChI is InChI=1S/C14H19N3O/c1-10(2)16-9-5-8-13(16)17-12-7-4-3-6-11(12)15-14(17)18/h3-4,6-7,10,13H,5,8-9H2,1-2H3,(H,15,18). The Kier molecular flexibility index (Phi) is 2.74. The van der Waals surface area contributed by atoms with Gasteiger partial charge in [-0.2, -0.15) is 0 Å². The molecule has 1 fully saturated rings. The van der Waals surface area contributed by atoms with E-state index >= 15 is 0 Å². The smallest absolute Gasteiger partial charge is 0.305 e. The predicted molar refractivity (Wildman–Crippen MR) is 72.7 cm³/mol. The van der Waals surface area contributed by atoms with E-state index < -0.39 is 0 Å². The van der Waals surface area contributed by atoms with Crippen molar-refractivity contribution in [3.63, 3.8) is 0 Å². The fourth-order valence-electron chi connectivity index (χ4n) is 3.02. The molecular weight excluding hydrogens is 226 g/mol. The molecule has 0 aliphatic carbocycles. The third kappa shape index (κ3) is 1.68. The molecule has 96 valence electrons. The number of aromatic amines is 1.